The highest BCUT2D eigenvalue weighted by atomic mass is 16.2. The Bertz CT molecular complexity index is 98.0. The van der Waals surface area contributed by atoms with Crippen molar-refractivity contribution in [3.63, 3.8) is 0 Å². The molecule has 0 aliphatic carbocycles. The number of nitrogens with zero attached hydrogens (tertiary/aromatic N) is 1. The van der Waals surface area contributed by atoms with Crippen molar-refractivity contribution in [3.8, 4) is 0 Å². The van der Waals surface area contributed by atoms with Gasteiger partial charge >= 0.3 is 0 Å². The minimum absolute atomic E-state index is 0.105. The lowest BCUT2D eigenvalue weighted by molar-refractivity contribution is 0.178. The molecule has 1 aliphatic rings. The molecule has 0 amide bonds. The van der Waals surface area contributed by atoms with Gasteiger partial charge in [-0.2, -0.15) is 0 Å². The average molecular weight is 170 g/mol. The molecule has 0 spiro atoms. The van der Waals surface area contributed by atoms with Crippen LogP contribution in [0, 0.1) is 0 Å². The number of hydrogen-bond donors (Lipinski definition) is 0. The van der Waals surface area contributed by atoms with Crippen LogP contribution in [0.25, 0.3) is 0 Å². The molecule has 1 saturated heterocycles. The predicted molar refractivity (Wildman–Crippen MR) is 49.7 cm³/mol. The van der Waals surface area contributed by atoms with Crippen molar-refractivity contribution in [2.75, 3.05) is 26.2 Å². The summed E-state index contributed by atoms with van der Waals surface area (Å²) in [5.41, 5.74) is 0. The Hall–Kier alpha value is -0.0800. The van der Waals surface area contributed by atoms with Crippen molar-refractivity contribution in [1.29, 1.82) is 0 Å². The second-order valence-corrected chi connectivity index (χ2v) is 3.67. The van der Waals surface area contributed by atoms with Gasteiger partial charge in [-0.1, -0.05) is 12.8 Å². The minimum Gasteiger partial charge on any atom is -0.303 e. The van der Waals surface area contributed by atoms with Crippen LogP contribution in [0.4, 0.5) is 0 Å². The Labute approximate surface area is 75.6 Å². The summed E-state index contributed by atoms with van der Waals surface area (Å²) < 4.78 is 0. The van der Waals surface area contributed by atoms with Crippen LogP contribution in [0.2, 0.25) is 0 Å². The molecular weight excluding hydrogens is 150 g/mol. The number of hydrogen-bond acceptors (Lipinski definition) is 1. The minimum atomic E-state index is 0.105. The molecule has 0 N–H and O–H groups in total. The summed E-state index contributed by atoms with van der Waals surface area (Å²) in [6, 6.07) is 0. The van der Waals surface area contributed by atoms with Gasteiger partial charge in [-0.3, -0.25) is 0 Å². The Morgan fingerprint density at radius 1 is 0.917 bits per heavy atom. The standard InChI is InChI=1S/C10H20NO/c12-10-6-5-9-11-7-3-1-2-4-8-11/h1-10H2. The maximum absolute atomic E-state index is 10.2. The molecule has 0 aromatic carbocycles. The van der Waals surface area contributed by atoms with Crippen LogP contribution in [0.15, 0.2) is 0 Å². The first-order chi connectivity index (χ1) is 5.93. The normalized spacial score (nSPS) is 20.8. The summed E-state index contributed by atoms with van der Waals surface area (Å²) in [4.78, 5) is 2.52. The molecule has 0 unspecified atom stereocenters. The first-order valence-corrected chi connectivity index (χ1v) is 5.24. The van der Waals surface area contributed by atoms with E-state index in [2.05, 4.69) is 4.90 Å². The molecule has 2 heteroatoms. The molecule has 1 radical (unpaired) electrons. The third kappa shape index (κ3) is 4.07. The molecule has 0 atom stereocenters. The molecule has 0 bridgehead atoms. The first-order valence-electron chi connectivity index (χ1n) is 5.24. The lowest BCUT2D eigenvalue weighted by Crippen LogP contribution is -2.25. The number of rotatable bonds is 4. The van der Waals surface area contributed by atoms with Crippen LogP contribution in [0.5, 0.6) is 0 Å². The highest BCUT2D eigenvalue weighted by Crippen LogP contribution is 2.09. The van der Waals surface area contributed by atoms with Crippen LogP contribution in [0.3, 0.4) is 0 Å². The van der Waals surface area contributed by atoms with Gasteiger partial charge in [0.15, 0.2) is 0 Å². The zero-order valence-electron chi connectivity index (χ0n) is 7.93. The van der Waals surface area contributed by atoms with Gasteiger partial charge < -0.3 is 4.90 Å². The zero-order chi connectivity index (χ0) is 8.65. The fourth-order valence-corrected chi connectivity index (χ4v) is 1.80. The topological polar surface area (TPSA) is 23.1 Å². The molecule has 0 aromatic heterocycles. The Balaban J connectivity index is 2.04. The maximum Gasteiger partial charge on any atom is 0.0822 e. The van der Waals surface area contributed by atoms with Crippen molar-refractivity contribution >= 4 is 0 Å². The molecule has 1 aliphatic heterocycles. The van der Waals surface area contributed by atoms with Gasteiger partial charge in [0.05, 0.1) is 6.61 Å². The van der Waals surface area contributed by atoms with Gasteiger partial charge in [0.25, 0.3) is 0 Å². The fourth-order valence-electron chi connectivity index (χ4n) is 1.80. The number of likely N-dealkylation sites (tertiary alicyclic amines) is 1. The van der Waals surface area contributed by atoms with Crippen molar-refractivity contribution in [3.05, 3.63) is 0 Å². The van der Waals surface area contributed by atoms with E-state index < -0.39 is 0 Å². The van der Waals surface area contributed by atoms with Gasteiger partial charge in [-0.05, 0) is 45.3 Å². The van der Waals surface area contributed by atoms with E-state index in [9.17, 15) is 5.11 Å². The van der Waals surface area contributed by atoms with Gasteiger partial charge in [-0.25, -0.2) is 5.11 Å². The first kappa shape index (κ1) is 10.0. The molecule has 0 saturated carbocycles. The van der Waals surface area contributed by atoms with Gasteiger partial charge in [-0.15, -0.1) is 0 Å². The third-order valence-electron chi connectivity index (χ3n) is 2.57. The molecular formula is C10H20NO. The lowest BCUT2D eigenvalue weighted by atomic mass is 10.2. The van der Waals surface area contributed by atoms with E-state index in [1.807, 2.05) is 0 Å². The van der Waals surface area contributed by atoms with Crippen molar-refractivity contribution in [2.45, 2.75) is 38.5 Å². The summed E-state index contributed by atoms with van der Waals surface area (Å²) in [6.45, 7) is 3.79. The molecule has 1 rings (SSSR count). The van der Waals surface area contributed by atoms with E-state index in [0.717, 1.165) is 19.4 Å². The van der Waals surface area contributed by atoms with Crippen LogP contribution in [-0.4, -0.2) is 31.1 Å². The van der Waals surface area contributed by atoms with Gasteiger partial charge in [0.2, 0.25) is 0 Å². The SMILES string of the molecule is [O]CCCCN1CCCCCC1. The van der Waals surface area contributed by atoms with E-state index >= 15 is 0 Å². The monoisotopic (exact) mass is 170 g/mol. The van der Waals surface area contributed by atoms with Gasteiger partial charge in [0.1, 0.15) is 0 Å². The largest absolute Gasteiger partial charge is 0.303 e. The summed E-state index contributed by atoms with van der Waals surface area (Å²) in [5.74, 6) is 0. The van der Waals surface area contributed by atoms with E-state index in [1.165, 1.54) is 38.8 Å². The molecule has 1 fully saturated rings. The number of unbranched alkanes of at least 4 members (excludes halogenated alkanes) is 1. The fraction of sp³-hybridized carbons (Fsp3) is 1.00. The highest BCUT2D eigenvalue weighted by Gasteiger charge is 2.07. The predicted octanol–water partition coefficient (Wildman–Crippen LogP) is 2.07. The Kier molecular flexibility index (Phi) is 5.37. The lowest BCUT2D eigenvalue weighted by Gasteiger charge is -2.18. The Morgan fingerprint density at radius 2 is 1.58 bits per heavy atom. The molecule has 0 aromatic rings. The van der Waals surface area contributed by atoms with E-state index in [4.69, 9.17) is 0 Å². The van der Waals surface area contributed by atoms with E-state index in [0.29, 0.717) is 0 Å². The second-order valence-electron chi connectivity index (χ2n) is 3.67. The highest BCUT2D eigenvalue weighted by molar-refractivity contribution is 4.62. The molecule has 71 valence electrons. The average Bonchev–Trinajstić information content (AvgIpc) is 2.33. The molecule has 12 heavy (non-hydrogen) atoms. The smallest absolute Gasteiger partial charge is 0.0822 e. The second kappa shape index (κ2) is 6.44. The summed E-state index contributed by atoms with van der Waals surface area (Å²) in [6.07, 6.45) is 7.48. The molecule has 2 nitrogen and oxygen atoms in total. The van der Waals surface area contributed by atoms with Crippen LogP contribution in [0.1, 0.15) is 38.5 Å². The summed E-state index contributed by atoms with van der Waals surface area (Å²) in [5, 5.41) is 10.2. The Morgan fingerprint density at radius 3 is 2.17 bits per heavy atom. The van der Waals surface area contributed by atoms with Crippen molar-refractivity contribution in [1.82, 2.24) is 4.90 Å². The van der Waals surface area contributed by atoms with Crippen LogP contribution < -0.4 is 0 Å². The van der Waals surface area contributed by atoms with Crippen molar-refractivity contribution < 1.29 is 5.11 Å². The van der Waals surface area contributed by atoms with E-state index in [1.54, 1.807) is 0 Å². The summed E-state index contributed by atoms with van der Waals surface area (Å²) in [7, 11) is 0. The van der Waals surface area contributed by atoms with Gasteiger partial charge in [0, 0.05) is 0 Å². The van der Waals surface area contributed by atoms with Crippen LogP contribution in [-0.2, 0) is 5.11 Å². The third-order valence-corrected chi connectivity index (χ3v) is 2.57. The van der Waals surface area contributed by atoms with E-state index in [-0.39, 0.29) is 6.61 Å². The molecule has 1 heterocycles. The van der Waals surface area contributed by atoms with Crippen LogP contribution >= 0.6 is 0 Å². The quantitative estimate of drug-likeness (QED) is 0.592. The van der Waals surface area contributed by atoms with Crippen molar-refractivity contribution in [2.24, 2.45) is 0 Å². The maximum atomic E-state index is 10.2. The summed E-state index contributed by atoms with van der Waals surface area (Å²) >= 11 is 0. The zero-order valence-corrected chi connectivity index (χ0v) is 7.93.